The molecular formula is C18H21ClFN3O3. The van der Waals surface area contributed by atoms with E-state index < -0.39 is 11.7 Å². The van der Waals surface area contributed by atoms with E-state index in [1.165, 1.54) is 18.2 Å². The lowest BCUT2D eigenvalue weighted by Crippen LogP contribution is -2.51. The van der Waals surface area contributed by atoms with E-state index in [2.05, 4.69) is 0 Å². The molecule has 140 valence electrons. The van der Waals surface area contributed by atoms with Crippen molar-refractivity contribution in [1.82, 2.24) is 14.7 Å². The topological polar surface area (TPSA) is 60.9 Å². The number of benzene rings is 1. The molecule has 0 atom stereocenters. The van der Waals surface area contributed by atoms with Crippen LogP contribution in [-0.2, 0) is 9.59 Å². The third kappa shape index (κ3) is 3.82. The maximum Gasteiger partial charge on any atom is 0.258 e. The zero-order valence-electron chi connectivity index (χ0n) is 14.4. The summed E-state index contributed by atoms with van der Waals surface area (Å²) in [6.07, 6.45) is 1.90. The van der Waals surface area contributed by atoms with Crippen LogP contribution in [0.5, 0.6) is 0 Å². The second kappa shape index (κ2) is 8.03. The van der Waals surface area contributed by atoms with Crippen molar-refractivity contribution in [3.63, 3.8) is 0 Å². The zero-order valence-corrected chi connectivity index (χ0v) is 15.1. The van der Waals surface area contributed by atoms with Crippen LogP contribution in [0.25, 0.3) is 0 Å². The lowest BCUT2D eigenvalue weighted by molar-refractivity contribution is -0.140. The molecule has 2 saturated heterocycles. The first-order valence-corrected chi connectivity index (χ1v) is 9.10. The highest BCUT2D eigenvalue weighted by atomic mass is 35.5. The summed E-state index contributed by atoms with van der Waals surface area (Å²) in [5.41, 5.74) is -0.107. The summed E-state index contributed by atoms with van der Waals surface area (Å²) < 4.78 is 13.9. The van der Waals surface area contributed by atoms with Gasteiger partial charge in [0.15, 0.2) is 0 Å². The monoisotopic (exact) mass is 381 g/mol. The van der Waals surface area contributed by atoms with Gasteiger partial charge >= 0.3 is 0 Å². The van der Waals surface area contributed by atoms with Crippen molar-refractivity contribution < 1.29 is 18.8 Å². The van der Waals surface area contributed by atoms with Gasteiger partial charge in [-0.25, -0.2) is 4.39 Å². The maximum atomic E-state index is 13.9. The Kier molecular flexibility index (Phi) is 5.76. The Hall–Kier alpha value is -2.15. The summed E-state index contributed by atoms with van der Waals surface area (Å²) in [5.74, 6) is -1.13. The first-order chi connectivity index (χ1) is 12.5. The SMILES string of the molecule is O=CN1CCN(C(=O)C2CCN(C(=O)c3c(F)cccc3Cl)CC2)CC1. The Morgan fingerprint density at radius 2 is 1.69 bits per heavy atom. The number of amides is 3. The van der Waals surface area contributed by atoms with Crippen LogP contribution in [0.4, 0.5) is 4.39 Å². The highest BCUT2D eigenvalue weighted by Gasteiger charge is 2.32. The van der Waals surface area contributed by atoms with Crippen LogP contribution in [0.3, 0.4) is 0 Å². The van der Waals surface area contributed by atoms with Crippen molar-refractivity contribution in [2.45, 2.75) is 12.8 Å². The molecule has 0 spiro atoms. The minimum absolute atomic E-state index is 0.0755. The van der Waals surface area contributed by atoms with Gasteiger partial charge in [0.2, 0.25) is 12.3 Å². The van der Waals surface area contributed by atoms with E-state index in [0.29, 0.717) is 52.1 Å². The molecule has 8 heteroatoms. The minimum Gasteiger partial charge on any atom is -0.342 e. The number of halogens is 2. The van der Waals surface area contributed by atoms with E-state index >= 15 is 0 Å². The molecule has 0 bridgehead atoms. The molecule has 3 amide bonds. The second-order valence-electron chi connectivity index (χ2n) is 6.63. The van der Waals surface area contributed by atoms with Gasteiger partial charge in [-0.3, -0.25) is 14.4 Å². The Labute approximate surface area is 156 Å². The molecule has 2 heterocycles. The lowest BCUT2D eigenvalue weighted by atomic mass is 9.94. The van der Waals surface area contributed by atoms with E-state index in [1.807, 2.05) is 0 Å². The average Bonchev–Trinajstić information content (AvgIpc) is 2.67. The van der Waals surface area contributed by atoms with Crippen LogP contribution in [-0.4, -0.2) is 72.2 Å². The quantitative estimate of drug-likeness (QED) is 0.748. The first-order valence-electron chi connectivity index (χ1n) is 8.72. The number of piperidine rings is 1. The van der Waals surface area contributed by atoms with Crippen LogP contribution in [0.15, 0.2) is 18.2 Å². The van der Waals surface area contributed by atoms with Gasteiger partial charge in [0, 0.05) is 45.2 Å². The summed E-state index contributed by atoms with van der Waals surface area (Å²) in [6.45, 7) is 2.99. The van der Waals surface area contributed by atoms with Crippen molar-refractivity contribution in [1.29, 1.82) is 0 Å². The minimum atomic E-state index is -0.631. The smallest absolute Gasteiger partial charge is 0.258 e. The molecule has 26 heavy (non-hydrogen) atoms. The molecule has 1 aromatic rings. The third-order valence-corrected chi connectivity index (χ3v) is 5.40. The number of likely N-dealkylation sites (tertiary alicyclic amines) is 1. The van der Waals surface area contributed by atoms with E-state index in [9.17, 15) is 18.8 Å². The number of carbonyl (C=O) groups excluding carboxylic acids is 3. The summed E-state index contributed by atoms with van der Waals surface area (Å²) in [7, 11) is 0. The van der Waals surface area contributed by atoms with E-state index in [-0.39, 0.29) is 22.4 Å². The Morgan fingerprint density at radius 3 is 2.27 bits per heavy atom. The molecule has 1 aromatic carbocycles. The standard InChI is InChI=1S/C18H21ClFN3O3/c19-14-2-1-3-15(20)16(14)18(26)22-6-4-13(5-7-22)17(25)23-10-8-21(12-24)9-11-23/h1-3,12-13H,4-11H2. The third-order valence-electron chi connectivity index (χ3n) is 5.08. The molecule has 0 saturated carbocycles. The number of hydrogen-bond donors (Lipinski definition) is 0. The van der Waals surface area contributed by atoms with Crippen molar-refractivity contribution in [3.05, 3.63) is 34.6 Å². The number of rotatable bonds is 3. The van der Waals surface area contributed by atoms with Crippen LogP contribution < -0.4 is 0 Å². The second-order valence-corrected chi connectivity index (χ2v) is 7.04. The fourth-order valence-corrected chi connectivity index (χ4v) is 3.74. The van der Waals surface area contributed by atoms with Crippen molar-refractivity contribution in [2.24, 2.45) is 5.92 Å². The maximum absolute atomic E-state index is 13.9. The van der Waals surface area contributed by atoms with Gasteiger partial charge < -0.3 is 14.7 Å². The van der Waals surface area contributed by atoms with E-state index in [4.69, 9.17) is 11.6 Å². The predicted molar refractivity (Wildman–Crippen MR) is 94.3 cm³/mol. The van der Waals surface area contributed by atoms with Gasteiger partial charge in [0.25, 0.3) is 5.91 Å². The summed E-state index contributed by atoms with van der Waals surface area (Å²) in [6, 6.07) is 4.17. The molecule has 2 aliphatic heterocycles. The van der Waals surface area contributed by atoms with Crippen LogP contribution in [0.2, 0.25) is 5.02 Å². The number of piperazine rings is 1. The van der Waals surface area contributed by atoms with Gasteiger partial charge in [-0.15, -0.1) is 0 Å². The molecular weight excluding hydrogens is 361 g/mol. The molecule has 3 rings (SSSR count). The number of nitrogens with zero attached hydrogens (tertiary/aromatic N) is 3. The molecule has 0 unspecified atom stereocenters. The Morgan fingerprint density at radius 1 is 1.04 bits per heavy atom. The fraction of sp³-hybridized carbons (Fsp3) is 0.500. The van der Waals surface area contributed by atoms with Gasteiger partial charge in [0.1, 0.15) is 5.82 Å². The van der Waals surface area contributed by atoms with Gasteiger partial charge in [-0.2, -0.15) is 0 Å². The number of hydrogen-bond acceptors (Lipinski definition) is 3. The van der Waals surface area contributed by atoms with Gasteiger partial charge in [0.05, 0.1) is 10.6 Å². The van der Waals surface area contributed by atoms with E-state index in [1.54, 1.807) is 14.7 Å². The van der Waals surface area contributed by atoms with E-state index in [0.717, 1.165) is 6.41 Å². The molecule has 2 fully saturated rings. The molecule has 6 nitrogen and oxygen atoms in total. The highest BCUT2D eigenvalue weighted by Crippen LogP contribution is 2.25. The molecule has 2 aliphatic rings. The molecule has 0 aromatic heterocycles. The summed E-state index contributed by atoms with van der Waals surface area (Å²) >= 11 is 5.97. The summed E-state index contributed by atoms with van der Waals surface area (Å²) in [4.78, 5) is 40.9. The summed E-state index contributed by atoms with van der Waals surface area (Å²) in [5, 5.41) is 0.0984. The lowest BCUT2D eigenvalue weighted by Gasteiger charge is -2.37. The van der Waals surface area contributed by atoms with Gasteiger partial charge in [-0.05, 0) is 25.0 Å². The molecule has 0 aliphatic carbocycles. The highest BCUT2D eigenvalue weighted by molar-refractivity contribution is 6.33. The zero-order chi connectivity index (χ0) is 18.7. The van der Waals surface area contributed by atoms with Crippen molar-refractivity contribution >= 4 is 29.8 Å². The van der Waals surface area contributed by atoms with Crippen molar-refractivity contribution in [2.75, 3.05) is 39.3 Å². The normalized spacial score (nSPS) is 18.8. The Balaban J connectivity index is 1.56. The molecule has 0 N–H and O–H groups in total. The van der Waals surface area contributed by atoms with Crippen LogP contribution in [0, 0.1) is 11.7 Å². The predicted octanol–water partition coefficient (Wildman–Crippen LogP) is 1.63. The Bertz CT molecular complexity index is 679. The van der Waals surface area contributed by atoms with Crippen LogP contribution in [0.1, 0.15) is 23.2 Å². The molecule has 0 radical (unpaired) electrons. The fourth-order valence-electron chi connectivity index (χ4n) is 3.50. The largest absolute Gasteiger partial charge is 0.342 e. The average molecular weight is 382 g/mol. The van der Waals surface area contributed by atoms with Crippen LogP contribution >= 0.6 is 11.6 Å². The van der Waals surface area contributed by atoms with Gasteiger partial charge in [-0.1, -0.05) is 17.7 Å². The first kappa shape index (κ1) is 18.6. The van der Waals surface area contributed by atoms with Crippen molar-refractivity contribution in [3.8, 4) is 0 Å². The number of carbonyl (C=O) groups is 3.